The molecule has 2 fully saturated rings. The van der Waals surface area contributed by atoms with Gasteiger partial charge in [0.05, 0.1) is 12.8 Å². The highest BCUT2D eigenvalue weighted by Gasteiger charge is 2.47. The van der Waals surface area contributed by atoms with Crippen LogP contribution in [0, 0.1) is 0 Å². The van der Waals surface area contributed by atoms with Gasteiger partial charge in [-0.2, -0.15) is 0 Å². The molecule has 1 aromatic heterocycles. The van der Waals surface area contributed by atoms with Crippen molar-refractivity contribution in [1.29, 1.82) is 0 Å². The number of halogens is 1. The molecule has 2 aliphatic heterocycles. The molecule has 114 valence electrons. The van der Waals surface area contributed by atoms with Gasteiger partial charge in [0, 0.05) is 26.2 Å². The van der Waals surface area contributed by atoms with Crippen molar-refractivity contribution in [3.05, 3.63) is 36.8 Å². The minimum Gasteiger partial charge on any atom is -0.467 e. The summed E-state index contributed by atoms with van der Waals surface area (Å²) in [6.07, 6.45) is 3.36. The number of piperazine rings is 1. The van der Waals surface area contributed by atoms with Crippen molar-refractivity contribution in [3.63, 3.8) is 0 Å². The third kappa shape index (κ3) is 2.82. The predicted octanol–water partition coefficient (Wildman–Crippen LogP) is 1.34. The molecule has 0 radical (unpaired) electrons. The highest BCUT2D eigenvalue weighted by molar-refractivity contribution is 6.04. The quantitative estimate of drug-likeness (QED) is 0.622. The Labute approximate surface area is 129 Å². The summed E-state index contributed by atoms with van der Waals surface area (Å²) < 4.78 is 5.22. The van der Waals surface area contributed by atoms with Crippen molar-refractivity contribution in [1.82, 2.24) is 14.7 Å². The average molecular weight is 312 g/mol. The number of amides is 3. The number of carbonyl (C=O) groups excluding carboxylic acids is 2. The van der Waals surface area contributed by atoms with Gasteiger partial charge in [0.1, 0.15) is 11.8 Å². The van der Waals surface area contributed by atoms with Crippen LogP contribution in [0.3, 0.4) is 0 Å². The van der Waals surface area contributed by atoms with Crippen molar-refractivity contribution in [2.45, 2.75) is 12.6 Å². The number of carbonyl (C=O) groups is 2. The Morgan fingerprint density at radius 2 is 2.19 bits per heavy atom. The van der Waals surface area contributed by atoms with Crippen LogP contribution in [0.4, 0.5) is 4.79 Å². The maximum absolute atomic E-state index is 12.4. The van der Waals surface area contributed by atoms with E-state index in [0.29, 0.717) is 18.8 Å². The second kappa shape index (κ2) is 6.32. The minimum atomic E-state index is -0.369. The second-order valence-electron chi connectivity index (χ2n) is 5.04. The van der Waals surface area contributed by atoms with E-state index in [9.17, 15) is 9.59 Å². The van der Waals surface area contributed by atoms with Gasteiger partial charge in [0.2, 0.25) is 0 Å². The number of imide groups is 1. The summed E-state index contributed by atoms with van der Waals surface area (Å²) in [5.41, 5.74) is 0. The normalized spacial score (nSPS) is 22.2. The molecule has 1 aromatic rings. The van der Waals surface area contributed by atoms with Gasteiger partial charge in [-0.3, -0.25) is 14.6 Å². The zero-order valence-electron chi connectivity index (χ0n) is 11.6. The van der Waals surface area contributed by atoms with Gasteiger partial charge in [0.15, 0.2) is 0 Å². The summed E-state index contributed by atoms with van der Waals surface area (Å²) in [6, 6.07) is 2.93. The van der Waals surface area contributed by atoms with Gasteiger partial charge in [-0.15, -0.1) is 19.0 Å². The molecule has 0 aliphatic carbocycles. The highest BCUT2D eigenvalue weighted by atomic mass is 35.5. The molecule has 2 saturated heterocycles. The molecule has 0 saturated carbocycles. The van der Waals surface area contributed by atoms with Crippen LogP contribution in [0.5, 0.6) is 0 Å². The van der Waals surface area contributed by atoms with E-state index in [2.05, 4.69) is 11.5 Å². The van der Waals surface area contributed by atoms with Gasteiger partial charge < -0.3 is 9.32 Å². The zero-order valence-corrected chi connectivity index (χ0v) is 12.4. The first-order chi connectivity index (χ1) is 9.70. The monoisotopic (exact) mass is 311 g/mol. The maximum atomic E-state index is 12.4. The summed E-state index contributed by atoms with van der Waals surface area (Å²) in [7, 11) is 0. The average Bonchev–Trinajstić information content (AvgIpc) is 3.03. The lowest BCUT2D eigenvalue weighted by Gasteiger charge is -2.34. The fraction of sp³-hybridized carbons (Fsp3) is 0.429. The van der Waals surface area contributed by atoms with Crippen LogP contribution in [0.2, 0.25) is 0 Å². The van der Waals surface area contributed by atoms with Gasteiger partial charge in [0.25, 0.3) is 5.91 Å². The first kappa shape index (κ1) is 15.6. The number of rotatable bonds is 4. The molecule has 0 N–H and O–H groups in total. The van der Waals surface area contributed by atoms with Crippen LogP contribution < -0.4 is 0 Å². The van der Waals surface area contributed by atoms with E-state index in [1.165, 1.54) is 4.90 Å². The Hall–Kier alpha value is -1.79. The molecule has 1 atom stereocenters. The van der Waals surface area contributed by atoms with Crippen molar-refractivity contribution in [2.75, 3.05) is 26.2 Å². The van der Waals surface area contributed by atoms with Gasteiger partial charge in [-0.25, -0.2) is 4.79 Å². The van der Waals surface area contributed by atoms with Crippen LogP contribution in [0.1, 0.15) is 5.76 Å². The lowest BCUT2D eigenvalue weighted by Crippen LogP contribution is -2.52. The molecule has 3 amide bonds. The summed E-state index contributed by atoms with van der Waals surface area (Å²) in [4.78, 5) is 29.8. The summed E-state index contributed by atoms with van der Waals surface area (Å²) >= 11 is 0. The third-order valence-electron chi connectivity index (χ3n) is 3.77. The van der Waals surface area contributed by atoms with Crippen LogP contribution >= 0.6 is 12.4 Å². The van der Waals surface area contributed by atoms with Crippen LogP contribution in [-0.4, -0.2) is 58.9 Å². The molecule has 7 heteroatoms. The molecular weight excluding hydrogens is 294 g/mol. The van der Waals surface area contributed by atoms with Gasteiger partial charge >= 0.3 is 6.03 Å². The molecule has 0 spiro atoms. The Bertz CT molecular complexity index is 532. The molecule has 2 aliphatic rings. The number of hydrogen-bond donors (Lipinski definition) is 0. The molecular formula is C14H18ClN3O3. The predicted molar refractivity (Wildman–Crippen MR) is 79.0 cm³/mol. The van der Waals surface area contributed by atoms with E-state index in [4.69, 9.17) is 4.42 Å². The van der Waals surface area contributed by atoms with Crippen molar-refractivity contribution < 1.29 is 14.0 Å². The maximum Gasteiger partial charge on any atom is 0.327 e. The molecule has 1 unspecified atom stereocenters. The molecule has 6 nitrogen and oxygen atoms in total. The SMILES string of the molecule is C=CCN1CCN2C(=O)N(Cc3ccco3)C(=O)C2C1.Cl. The smallest absolute Gasteiger partial charge is 0.327 e. The van der Waals surface area contributed by atoms with Crippen LogP contribution in [-0.2, 0) is 11.3 Å². The Morgan fingerprint density at radius 3 is 2.86 bits per heavy atom. The number of furan rings is 1. The fourth-order valence-corrected chi connectivity index (χ4v) is 2.76. The summed E-state index contributed by atoms with van der Waals surface area (Å²) in [5, 5.41) is 0. The van der Waals surface area contributed by atoms with Crippen LogP contribution in [0.15, 0.2) is 35.5 Å². The topological polar surface area (TPSA) is 57.0 Å². The van der Waals surface area contributed by atoms with E-state index < -0.39 is 0 Å². The van der Waals surface area contributed by atoms with E-state index in [0.717, 1.165) is 13.1 Å². The largest absolute Gasteiger partial charge is 0.467 e. The highest BCUT2D eigenvalue weighted by Crippen LogP contribution is 2.23. The Balaban J connectivity index is 0.00000161. The number of hydrogen-bond acceptors (Lipinski definition) is 4. The lowest BCUT2D eigenvalue weighted by molar-refractivity contribution is -0.129. The zero-order chi connectivity index (χ0) is 14.1. The van der Waals surface area contributed by atoms with E-state index in [1.54, 1.807) is 23.3 Å². The number of nitrogens with zero attached hydrogens (tertiary/aromatic N) is 3. The molecule has 0 bridgehead atoms. The second-order valence-corrected chi connectivity index (χ2v) is 5.04. The van der Waals surface area contributed by atoms with Crippen molar-refractivity contribution in [3.8, 4) is 0 Å². The molecule has 21 heavy (non-hydrogen) atoms. The standard InChI is InChI=1S/C14H17N3O3.ClH/c1-2-5-15-6-7-16-12(10-15)13(18)17(14(16)19)9-11-4-3-8-20-11;/h2-4,8,12H,1,5-7,9-10H2;1H. The van der Waals surface area contributed by atoms with Crippen molar-refractivity contribution in [2.24, 2.45) is 0 Å². The fourth-order valence-electron chi connectivity index (χ4n) is 2.76. The third-order valence-corrected chi connectivity index (χ3v) is 3.77. The molecule has 3 rings (SSSR count). The first-order valence-electron chi connectivity index (χ1n) is 6.68. The van der Waals surface area contributed by atoms with Crippen LogP contribution in [0.25, 0.3) is 0 Å². The minimum absolute atomic E-state index is 0. The Morgan fingerprint density at radius 1 is 1.38 bits per heavy atom. The number of urea groups is 1. The summed E-state index contributed by atoms with van der Waals surface area (Å²) in [6.45, 7) is 6.59. The van der Waals surface area contributed by atoms with E-state index >= 15 is 0 Å². The molecule has 0 aromatic carbocycles. The van der Waals surface area contributed by atoms with Gasteiger partial charge in [-0.05, 0) is 12.1 Å². The number of fused-ring (bicyclic) bond motifs is 1. The van der Waals surface area contributed by atoms with Gasteiger partial charge in [-0.1, -0.05) is 6.08 Å². The van der Waals surface area contributed by atoms with E-state index in [-0.39, 0.29) is 36.9 Å². The molecule has 3 heterocycles. The first-order valence-corrected chi connectivity index (χ1v) is 6.68. The van der Waals surface area contributed by atoms with Crippen molar-refractivity contribution >= 4 is 24.3 Å². The Kier molecular flexibility index (Phi) is 4.69. The van der Waals surface area contributed by atoms with E-state index in [1.807, 2.05) is 6.08 Å². The lowest BCUT2D eigenvalue weighted by atomic mass is 10.2. The summed E-state index contributed by atoms with van der Waals surface area (Å²) in [5.74, 6) is 0.481.